The van der Waals surface area contributed by atoms with Crippen LogP contribution in [-0.2, 0) is 6.54 Å². The molecule has 6 nitrogen and oxygen atoms in total. The van der Waals surface area contributed by atoms with Gasteiger partial charge in [-0.3, -0.25) is 19.7 Å². The molecule has 3 heterocycles. The predicted molar refractivity (Wildman–Crippen MR) is 133 cm³/mol. The summed E-state index contributed by atoms with van der Waals surface area (Å²) in [5.74, 6) is -0.267. The minimum atomic E-state index is -0.287. The van der Waals surface area contributed by atoms with Crippen LogP contribution in [0.2, 0.25) is 0 Å². The molecule has 2 aromatic heterocycles. The standard InChI is InChI=1S/C26H24FN5OS/c27-23-17-28-12-10-21(23)18-31-13-15-32(16-14-31)26(33)20-6-8-22(9-7-20)30-34-24-5-1-3-19-4-2-11-29-25(19)24/h1-12,17,30H,13-16,18H2. The molecule has 1 N–H and O–H groups in total. The lowest BCUT2D eigenvalue weighted by atomic mass is 10.1. The number of piperazine rings is 1. The lowest BCUT2D eigenvalue weighted by molar-refractivity contribution is 0.0627. The van der Waals surface area contributed by atoms with E-state index in [1.165, 1.54) is 18.1 Å². The Morgan fingerprint density at radius 3 is 2.56 bits per heavy atom. The van der Waals surface area contributed by atoms with E-state index in [2.05, 4.69) is 19.6 Å². The maximum Gasteiger partial charge on any atom is 0.253 e. The quantitative estimate of drug-likeness (QED) is 0.404. The van der Waals surface area contributed by atoms with Crippen molar-refractivity contribution in [1.82, 2.24) is 19.8 Å². The molecule has 34 heavy (non-hydrogen) atoms. The van der Waals surface area contributed by atoms with E-state index in [1.54, 1.807) is 18.5 Å². The van der Waals surface area contributed by atoms with Crippen LogP contribution in [0.1, 0.15) is 15.9 Å². The van der Waals surface area contributed by atoms with Gasteiger partial charge in [-0.1, -0.05) is 18.2 Å². The molecule has 4 aromatic rings. The maximum absolute atomic E-state index is 13.9. The Morgan fingerprint density at radius 1 is 0.971 bits per heavy atom. The molecule has 1 aliphatic rings. The van der Waals surface area contributed by atoms with Gasteiger partial charge in [0.15, 0.2) is 0 Å². The van der Waals surface area contributed by atoms with E-state index in [9.17, 15) is 9.18 Å². The van der Waals surface area contributed by atoms with Crippen LogP contribution < -0.4 is 4.72 Å². The lowest BCUT2D eigenvalue weighted by Crippen LogP contribution is -2.48. The number of rotatable bonds is 6. The Morgan fingerprint density at radius 2 is 1.76 bits per heavy atom. The average Bonchev–Trinajstić information content (AvgIpc) is 2.89. The second-order valence-corrected chi connectivity index (χ2v) is 9.00. The van der Waals surface area contributed by atoms with Crippen molar-refractivity contribution in [2.24, 2.45) is 0 Å². The highest BCUT2D eigenvalue weighted by Crippen LogP contribution is 2.27. The van der Waals surface area contributed by atoms with Crippen molar-refractivity contribution in [3.63, 3.8) is 0 Å². The molecule has 0 unspecified atom stereocenters. The minimum Gasteiger partial charge on any atom is -0.336 e. The number of nitrogens with zero attached hydrogens (tertiary/aromatic N) is 4. The average molecular weight is 474 g/mol. The molecule has 172 valence electrons. The molecule has 1 aliphatic heterocycles. The van der Waals surface area contributed by atoms with E-state index in [-0.39, 0.29) is 11.7 Å². The van der Waals surface area contributed by atoms with Gasteiger partial charge in [-0.15, -0.1) is 0 Å². The Bertz CT molecular complexity index is 1290. The zero-order chi connectivity index (χ0) is 23.3. The number of aromatic nitrogens is 2. The molecule has 1 saturated heterocycles. The van der Waals surface area contributed by atoms with Gasteiger partial charge in [0.1, 0.15) is 5.82 Å². The summed E-state index contributed by atoms with van der Waals surface area (Å²) in [4.78, 5) is 26.3. The number of halogens is 1. The first-order valence-electron chi connectivity index (χ1n) is 11.1. The van der Waals surface area contributed by atoms with Crippen molar-refractivity contribution in [1.29, 1.82) is 0 Å². The number of anilines is 1. The summed E-state index contributed by atoms with van der Waals surface area (Å²) < 4.78 is 17.2. The second kappa shape index (κ2) is 10.2. The summed E-state index contributed by atoms with van der Waals surface area (Å²) >= 11 is 1.50. The van der Waals surface area contributed by atoms with Gasteiger partial charge in [0.05, 0.1) is 16.6 Å². The van der Waals surface area contributed by atoms with Crippen molar-refractivity contribution in [3.05, 3.63) is 96.2 Å². The first-order valence-corrected chi connectivity index (χ1v) is 12.0. The molecule has 0 aliphatic carbocycles. The summed E-state index contributed by atoms with van der Waals surface area (Å²) in [7, 11) is 0. The fourth-order valence-corrected chi connectivity index (χ4v) is 4.80. The van der Waals surface area contributed by atoms with Gasteiger partial charge in [0, 0.05) is 67.3 Å². The van der Waals surface area contributed by atoms with Crippen molar-refractivity contribution in [2.45, 2.75) is 11.4 Å². The fourth-order valence-electron chi connectivity index (χ4n) is 4.02. The number of hydrogen-bond acceptors (Lipinski definition) is 6. The number of para-hydroxylation sites is 1. The van der Waals surface area contributed by atoms with Crippen LogP contribution in [0.3, 0.4) is 0 Å². The Hall–Kier alpha value is -3.49. The third-order valence-corrected chi connectivity index (χ3v) is 6.80. The fraction of sp³-hybridized carbons (Fsp3) is 0.192. The van der Waals surface area contributed by atoms with Crippen molar-refractivity contribution >= 4 is 34.4 Å². The first-order chi connectivity index (χ1) is 16.7. The van der Waals surface area contributed by atoms with E-state index < -0.39 is 0 Å². The van der Waals surface area contributed by atoms with Crippen LogP contribution in [0.25, 0.3) is 10.9 Å². The molecule has 2 aromatic carbocycles. The van der Waals surface area contributed by atoms with Gasteiger partial charge in [-0.25, -0.2) is 4.39 Å². The number of benzene rings is 2. The molecule has 0 spiro atoms. The number of nitrogens with one attached hydrogen (secondary N) is 1. The summed E-state index contributed by atoms with van der Waals surface area (Å²) in [5.41, 5.74) is 3.17. The number of carbonyl (C=O) groups excluding carboxylic acids is 1. The van der Waals surface area contributed by atoms with Crippen LogP contribution in [0, 0.1) is 5.82 Å². The Labute approximate surface area is 202 Å². The smallest absolute Gasteiger partial charge is 0.253 e. The van der Waals surface area contributed by atoms with Gasteiger partial charge < -0.3 is 9.62 Å². The third kappa shape index (κ3) is 5.03. The number of amides is 1. The van der Waals surface area contributed by atoms with Crippen molar-refractivity contribution in [2.75, 3.05) is 30.9 Å². The lowest BCUT2D eigenvalue weighted by Gasteiger charge is -2.34. The number of pyridine rings is 2. The summed E-state index contributed by atoms with van der Waals surface area (Å²) in [6.45, 7) is 3.19. The molecule has 0 atom stereocenters. The molecule has 0 radical (unpaired) electrons. The van der Waals surface area contributed by atoms with E-state index in [1.807, 2.05) is 59.5 Å². The highest BCUT2D eigenvalue weighted by Gasteiger charge is 2.22. The van der Waals surface area contributed by atoms with Crippen LogP contribution in [0.4, 0.5) is 10.1 Å². The zero-order valence-electron chi connectivity index (χ0n) is 18.5. The molecule has 5 rings (SSSR count). The minimum absolute atomic E-state index is 0.0206. The topological polar surface area (TPSA) is 61.4 Å². The summed E-state index contributed by atoms with van der Waals surface area (Å²) in [6, 6.07) is 19.3. The van der Waals surface area contributed by atoms with Crippen molar-refractivity contribution in [3.8, 4) is 0 Å². The number of hydrogen-bond donors (Lipinski definition) is 1. The summed E-state index contributed by atoms with van der Waals surface area (Å²) in [5, 5.41) is 1.10. The Kier molecular flexibility index (Phi) is 6.69. The largest absolute Gasteiger partial charge is 0.336 e. The third-order valence-electron chi connectivity index (χ3n) is 5.92. The monoisotopic (exact) mass is 473 g/mol. The predicted octanol–water partition coefficient (Wildman–Crippen LogP) is 4.85. The highest BCUT2D eigenvalue weighted by molar-refractivity contribution is 8.00. The van der Waals surface area contributed by atoms with E-state index in [4.69, 9.17) is 0 Å². The van der Waals surface area contributed by atoms with E-state index in [0.29, 0.717) is 43.9 Å². The summed E-state index contributed by atoms with van der Waals surface area (Å²) in [6.07, 6.45) is 4.64. The van der Waals surface area contributed by atoms with Gasteiger partial charge in [0.25, 0.3) is 5.91 Å². The molecule has 0 saturated carbocycles. The molecule has 1 fully saturated rings. The van der Waals surface area contributed by atoms with Crippen LogP contribution in [-0.4, -0.2) is 51.9 Å². The second-order valence-electron chi connectivity index (χ2n) is 8.15. The van der Waals surface area contributed by atoms with Crippen LogP contribution in [0.15, 0.2) is 84.1 Å². The number of fused-ring (bicyclic) bond motifs is 1. The van der Waals surface area contributed by atoms with Gasteiger partial charge >= 0.3 is 0 Å². The van der Waals surface area contributed by atoms with Gasteiger partial charge in [-0.05, 0) is 54.4 Å². The maximum atomic E-state index is 13.9. The zero-order valence-corrected chi connectivity index (χ0v) is 19.3. The first kappa shape index (κ1) is 22.3. The van der Waals surface area contributed by atoms with Crippen molar-refractivity contribution < 1.29 is 9.18 Å². The Balaban J connectivity index is 1.15. The van der Waals surface area contributed by atoms with E-state index in [0.717, 1.165) is 21.5 Å². The highest BCUT2D eigenvalue weighted by atomic mass is 32.2. The van der Waals surface area contributed by atoms with Gasteiger partial charge in [0.2, 0.25) is 0 Å². The molecular formula is C26H24FN5OS. The molecular weight excluding hydrogens is 449 g/mol. The molecule has 1 amide bonds. The SMILES string of the molecule is O=C(c1ccc(NSc2cccc3cccnc23)cc1)N1CCN(Cc2ccncc2F)CC1. The van der Waals surface area contributed by atoms with Crippen LogP contribution in [0.5, 0.6) is 0 Å². The van der Waals surface area contributed by atoms with E-state index >= 15 is 0 Å². The molecule has 0 bridgehead atoms. The molecule has 8 heteroatoms. The van der Waals surface area contributed by atoms with Gasteiger partial charge in [-0.2, -0.15) is 0 Å². The van der Waals surface area contributed by atoms with Crippen LogP contribution >= 0.6 is 11.9 Å². The number of carbonyl (C=O) groups is 1. The normalized spacial score (nSPS) is 14.3.